The summed E-state index contributed by atoms with van der Waals surface area (Å²) in [5.41, 5.74) is 5.16. The predicted molar refractivity (Wildman–Crippen MR) is 84.4 cm³/mol. The zero-order chi connectivity index (χ0) is 15.8. The fourth-order valence-corrected chi connectivity index (χ4v) is 2.37. The van der Waals surface area contributed by atoms with Crippen molar-refractivity contribution in [3.63, 3.8) is 0 Å². The summed E-state index contributed by atoms with van der Waals surface area (Å²) in [6, 6.07) is -0.0539. The van der Waals surface area contributed by atoms with Crippen molar-refractivity contribution in [2.75, 3.05) is 52.6 Å². The van der Waals surface area contributed by atoms with Crippen LogP contribution in [0.15, 0.2) is 0 Å². The molecule has 0 saturated carbocycles. The first-order chi connectivity index (χ1) is 9.92. The molecular weight excluding hydrogens is 292 g/mol. The molecule has 2 atom stereocenters. The number of primary amides is 1. The predicted octanol–water partition coefficient (Wildman–Crippen LogP) is -0.435. The number of nitrogens with two attached hydrogens (primary N) is 1. The molecule has 7 nitrogen and oxygen atoms in total. The fraction of sp³-hybridized carbons (Fsp3) is 0.846. The third-order valence-electron chi connectivity index (χ3n) is 3.31. The van der Waals surface area contributed by atoms with Gasteiger partial charge in [0.15, 0.2) is 0 Å². The monoisotopic (exact) mass is 318 g/mol. The Kier molecular flexibility index (Phi) is 7.84. The summed E-state index contributed by atoms with van der Waals surface area (Å²) >= 11 is 1.72. The first kappa shape index (κ1) is 18.1. The highest BCUT2D eigenvalue weighted by Crippen LogP contribution is 2.08. The number of amides is 3. The minimum atomic E-state index is -0.367. The van der Waals surface area contributed by atoms with Crippen molar-refractivity contribution in [1.29, 1.82) is 0 Å². The van der Waals surface area contributed by atoms with E-state index >= 15 is 0 Å². The van der Waals surface area contributed by atoms with E-state index in [0.29, 0.717) is 38.0 Å². The van der Waals surface area contributed by atoms with Crippen LogP contribution >= 0.6 is 11.8 Å². The molecule has 1 aliphatic rings. The van der Waals surface area contributed by atoms with E-state index in [1.54, 1.807) is 16.7 Å². The molecule has 0 aliphatic carbocycles. The number of rotatable bonds is 7. The van der Waals surface area contributed by atoms with Crippen LogP contribution in [0.4, 0.5) is 4.79 Å². The zero-order valence-electron chi connectivity index (χ0n) is 13.0. The van der Waals surface area contributed by atoms with Gasteiger partial charge in [-0.05, 0) is 13.3 Å². The van der Waals surface area contributed by atoms with E-state index in [-0.39, 0.29) is 24.6 Å². The van der Waals surface area contributed by atoms with Crippen LogP contribution < -0.4 is 11.1 Å². The van der Waals surface area contributed by atoms with Crippen molar-refractivity contribution < 1.29 is 14.3 Å². The van der Waals surface area contributed by atoms with Crippen molar-refractivity contribution in [3.8, 4) is 0 Å². The topological polar surface area (TPSA) is 87.9 Å². The number of carbonyl (C=O) groups excluding carboxylic acids is 2. The highest BCUT2D eigenvalue weighted by Gasteiger charge is 2.25. The molecule has 0 radical (unpaired) electrons. The number of likely N-dealkylation sites (N-methyl/N-ethyl adjacent to an activating group) is 1. The summed E-state index contributed by atoms with van der Waals surface area (Å²) in [6.45, 7) is 5.14. The van der Waals surface area contributed by atoms with E-state index in [1.165, 1.54) is 0 Å². The smallest absolute Gasteiger partial charge is 0.317 e. The maximum Gasteiger partial charge on any atom is 0.317 e. The fourth-order valence-electron chi connectivity index (χ4n) is 2.12. The summed E-state index contributed by atoms with van der Waals surface area (Å²) in [4.78, 5) is 26.5. The Morgan fingerprint density at radius 3 is 2.90 bits per heavy atom. The Hall–Kier alpha value is -0.990. The number of hydrogen-bond donors (Lipinski definition) is 2. The Balaban J connectivity index is 2.37. The average Bonchev–Trinajstić information content (AvgIpc) is 2.43. The van der Waals surface area contributed by atoms with Crippen LogP contribution in [0.3, 0.4) is 0 Å². The summed E-state index contributed by atoms with van der Waals surface area (Å²) in [6.07, 6.45) is 1.93. The molecule has 3 N–H and O–H groups in total. The standard InChI is InChI=1S/C13H26N4O3S/c1-10(21-3)6-15-13(19)17-4-5-20-11(8-17)7-16(2)9-12(14)18/h10-11H,4-9H2,1-3H3,(H2,14,18)(H,15,19). The van der Waals surface area contributed by atoms with Gasteiger partial charge in [0.2, 0.25) is 5.91 Å². The minimum absolute atomic E-state index is 0.0539. The lowest BCUT2D eigenvalue weighted by atomic mass is 10.2. The molecule has 1 aliphatic heterocycles. The van der Waals surface area contributed by atoms with Crippen LogP contribution in [0.1, 0.15) is 6.92 Å². The summed E-state index contributed by atoms with van der Waals surface area (Å²) in [7, 11) is 1.81. The summed E-state index contributed by atoms with van der Waals surface area (Å²) in [5, 5.41) is 3.33. The number of carbonyl (C=O) groups is 2. The van der Waals surface area contributed by atoms with Gasteiger partial charge in [-0.2, -0.15) is 11.8 Å². The van der Waals surface area contributed by atoms with Crippen LogP contribution in [0.5, 0.6) is 0 Å². The molecule has 122 valence electrons. The second-order valence-electron chi connectivity index (χ2n) is 5.33. The molecule has 3 amide bonds. The largest absolute Gasteiger partial charge is 0.373 e. The van der Waals surface area contributed by atoms with E-state index in [0.717, 1.165) is 0 Å². The Morgan fingerprint density at radius 2 is 2.29 bits per heavy atom. The third-order valence-corrected chi connectivity index (χ3v) is 4.28. The van der Waals surface area contributed by atoms with Crippen molar-refractivity contribution >= 4 is 23.7 Å². The summed E-state index contributed by atoms with van der Waals surface area (Å²) < 4.78 is 5.64. The molecule has 0 aromatic carbocycles. The molecule has 8 heteroatoms. The van der Waals surface area contributed by atoms with Crippen LogP contribution in [0.2, 0.25) is 0 Å². The number of nitrogens with zero attached hydrogens (tertiary/aromatic N) is 2. The van der Waals surface area contributed by atoms with Gasteiger partial charge in [-0.25, -0.2) is 4.79 Å². The van der Waals surface area contributed by atoms with Crippen molar-refractivity contribution in [2.24, 2.45) is 5.73 Å². The SMILES string of the molecule is CSC(C)CNC(=O)N1CCOC(CN(C)CC(N)=O)C1. The van der Waals surface area contributed by atoms with Crippen LogP contribution in [-0.4, -0.2) is 85.7 Å². The van der Waals surface area contributed by atoms with Crippen LogP contribution in [0.25, 0.3) is 0 Å². The first-order valence-corrected chi connectivity index (χ1v) is 8.35. The van der Waals surface area contributed by atoms with Gasteiger partial charge in [0, 0.05) is 31.4 Å². The van der Waals surface area contributed by atoms with Crippen molar-refractivity contribution in [1.82, 2.24) is 15.1 Å². The van der Waals surface area contributed by atoms with Gasteiger partial charge in [0.05, 0.1) is 19.3 Å². The molecule has 1 heterocycles. The van der Waals surface area contributed by atoms with Crippen molar-refractivity contribution in [2.45, 2.75) is 18.3 Å². The lowest BCUT2D eigenvalue weighted by Gasteiger charge is -2.34. The van der Waals surface area contributed by atoms with Crippen molar-refractivity contribution in [3.05, 3.63) is 0 Å². The normalized spacial score (nSPS) is 20.4. The molecular formula is C13H26N4O3S. The van der Waals surface area contributed by atoms with Gasteiger partial charge in [-0.1, -0.05) is 6.92 Å². The molecule has 2 unspecified atom stereocenters. The molecule has 0 spiro atoms. The maximum atomic E-state index is 12.1. The zero-order valence-corrected chi connectivity index (χ0v) is 13.8. The second kappa shape index (κ2) is 9.11. The number of urea groups is 1. The molecule has 1 fully saturated rings. The quantitative estimate of drug-likeness (QED) is 0.665. The maximum absolute atomic E-state index is 12.1. The second-order valence-corrected chi connectivity index (χ2v) is 6.61. The van der Waals surface area contributed by atoms with E-state index in [2.05, 4.69) is 12.2 Å². The highest BCUT2D eigenvalue weighted by molar-refractivity contribution is 7.99. The minimum Gasteiger partial charge on any atom is -0.373 e. The van der Waals surface area contributed by atoms with E-state index in [1.807, 2.05) is 18.2 Å². The molecule has 0 aromatic rings. The Morgan fingerprint density at radius 1 is 1.57 bits per heavy atom. The lowest BCUT2D eigenvalue weighted by molar-refractivity contribution is -0.119. The number of thioether (sulfide) groups is 1. The van der Waals surface area contributed by atoms with Gasteiger partial charge < -0.3 is 20.7 Å². The van der Waals surface area contributed by atoms with Gasteiger partial charge >= 0.3 is 6.03 Å². The Labute approximate surface area is 130 Å². The number of nitrogens with one attached hydrogen (secondary N) is 1. The molecule has 0 aromatic heterocycles. The Bertz CT molecular complexity index is 356. The lowest BCUT2D eigenvalue weighted by Crippen LogP contribution is -2.53. The number of morpholine rings is 1. The first-order valence-electron chi connectivity index (χ1n) is 7.06. The molecule has 0 bridgehead atoms. The van der Waals surface area contributed by atoms with Crippen LogP contribution in [-0.2, 0) is 9.53 Å². The number of ether oxygens (including phenoxy) is 1. The number of hydrogen-bond acceptors (Lipinski definition) is 5. The average molecular weight is 318 g/mol. The van der Waals surface area contributed by atoms with Gasteiger partial charge in [-0.3, -0.25) is 9.69 Å². The van der Waals surface area contributed by atoms with Gasteiger partial charge in [0.25, 0.3) is 0 Å². The highest BCUT2D eigenvalue weighted by atomic mass is 32.2. The third kappa shape index (κ3) is 7.01. The van der Waals surface area contributed by atoms with Crippen LogP contribution in [0, 0.1) is 0 Å². The van der Waals surface area contributed by atoms with E-state index < -0.39 is 0 Å². The van der Waals surface area contributed by atoms with E-state index in [9.17, 15) is 9.59 Å². The molecule has 1 rings (SSSR count). The van der Waals surface area contributed by atoms with Gasteiger partial charge in [-0.15, -0.1) is 0 Å². The van der Waals surface area contributed by atoms with Gasteiger partial charge in [0.1, 0.15) is 0 Å². The molecule has 21 heavy (non-hydrogen) atoms. The summed E-state index contributed by atoms with van der Waals surface area (Å²) in [5.74, 6) is -0.367. The van der Waals surface area contributed by atoms with E-state index in [4.69, 9.17) is 10.5 Å². The molecule has 1 saturated heterocycles.